The van der Waals surface area contributed by atoms with Crippen molar-refractivity contribution in [2.45, 2.75) is 65.5 Å². The summed E-state index contributed by atoms with van der Waals surface area (Å²) in [5, 5.41) is 5.81. The van der Waals surface area contributed by atoms with Crippen LogP contribution < -0.4 is 31.1 Å². The number of anilines is 3. The number of nitrogen functional groups attached to an aromatic ring is 2. The van der Waals surface area contributed by atoms with Crippen LogP contribution in [-0.4, -0.2) is 53.6 Å². The third-order valence-corrected chi connectivity index (χ3v) is 7.08. The zero-order chi connectivity index (χ0) is 27.9. The van der Waals surface area contributed by atoms with Crippen molar-refractivity contribution in [3.05, 3.63) is 30.3 Å². The van der Waals surface area contributed by atoms with Crippen LogP contribution in [0.5, 0.6) is 11.6 Å². The van der Waals surface area contributed by atoms with E-state index in [0.717, 1.165) is 0 Å². The maximum Gasteiger partial charge on any atom is 0.459 e. The van der Waals surface area contributed by atoms with Gasteiger partial charge in [-0.15, -0.1) is 0 Å². The molecule has 1 aliphatic heterocycles. The lowest BCUT2D eigenvalue weighted by atomic mass is 10.1. The highest BCUT2D eigenvalue weighted by molar-refractivity contribution is 7.52. The maximum atomic E-state index is 13.7. The summed E-state index contributed by atoms with van der Waals surface area (Å²) in [7, 11) is -4.01. The summed E-state index contributed by atoms with van der Waals surface area (Å²) in [5.41, 5.74) is 12.1. The number of aromatic nitrogens is 2. The number of carbonyl (C=O) groups is 1. The zero-order valence-corrected chi connectivity index (χ0v) is 23.1. The highest BCUT2D eigenvalue weighted by Crippen LogP contribution is 2.46. The molecule has 6 N–H and O–H groups in total. The Bertz CT molecular complexity index is 1120. The standard InChI is InChI=1S/C24H37N6O7P/c1-6-33-22-19(25)20(28-24(26)29-22)27-21-15(4)12-18(36-21)13-34-38(32,37-17-10-8-7-9-11-17)30-16(5)23(31)35-14(2)3/h7-11,14-16,18,21H,6,12-13,25H2,1-5H3,(H,30,32)(H3,26,27,28,29). The Morgan fingerprint density at radius 1 is 1.21 bits per heavy atom. The fraction of sp³-hybridized carbons (Fsp3) is 0.542. The number of esters is 1. The number of nitrogens with zero attached hydrogens (tertiary/aromatic N) is 2. The fourth-order valence-electron chi connectivity index (χ4n) is 3.69. The summed E-state index contributed by atoms with van der Waals surface area (Å²) in [6, 6.07) is 7.59. The monoisotopic (exact) mass is 552 g/mol. The maximum absolute atomic E-state index is 13.7. The third kappa shape index (κ3) is 8.19. The minimum absolute atomic E-state index is 0.00544. The molecule has 0 aliphatic carbocycles. The lowest BCUT2D eigenvalue weighted by Gasteiger charge is -2.24. The summed E-state index contributed by atoms with van der Waals surface area (Å²) in [6.45, 7) is 9.05. The van der Waals surface area contributed by atoms with Crippen molar-refractivity contribution in [2.24, 2.45) is 5.92 Å². The summed E-state index contributed by atoms with van der Waals surface area (Å²) in [5.74, 6) is 0.223. The highest BCUT2D eigenvalue weighted by Gasteiger charge is 2.38. The molecule has 13 nitrogen and oxygen atoms in total. The van der Waals surface area contributed by atoms with Gasteiger partial charge in [0, 0.05) is 5.92 Å². The molecule has 1 aliphatic rings. The Labute approximate surface area is 222 Å². The molecular formula is C24H37N6O7P. The first-order chi connectivity index (χ1) is 18.0. The normalized spacial score (nSPS) is 21.5. The van der Waals surface area contributed by atoms with Gasteiger partial charge in [-0.05, 0) is 46.2 Å². The number of ether oxygens (including phenoxy) is 3. The van der Waals surface area contributed by atoms with Crippen LogP contribution in [0, 0.1) is 5.92 Å². The molecule has 210 valence electrons. The van der Waals surface area contributed by atoms with Crippen LogP contribution in [0.25, 0.3) is 0 Å². The van der Waals surface area contributed by atoms with Crippen LogP contribution >= 0.6 is 7.75 Å². The van der Waals surface area contributed by atoms with Crippen LogP contribution in [0.2, 0.25) is 0 Å². The van der Waals surface area contributed by atoms with E-state index in [1.165, 1.54) is 6.92 Å². The SMILES string of the molecule is CCOc1nc(N)nc(NC2OC(COP(=O)(NC(C)C(=O)OC(C)C)Oc3ccccc3)CC2C)c1N. The lowest BCUT2D eigenvalue weighted by Crippen LogP contribution is -2.36. The lowest BCUT2D eigenvalue weighted by molar-refractivity contribution is -0.149. The van der Waals surface area contributed by atoms with Gasteiger partial charge < -0.3 is 35.5 Å². The predicted molar refractivity (Wildman–Crippen MR) is 143 cm³/mol. The van der Waals surface area contributed by atoms with Gasteiger partial charge in [0.2, 0.25) is 11.8 Å². The quantitative estimate of drug-likeness (QED) is 0.210. The molecule has 3 rings (SSSR count). The Hall–Kier alpha value is -3.12. The van der Waals surface area contributed by atoms with E-state index >= 15 is 0 Å². The van der Waals surface area contributed by atoms with Crippen molar-refractivity contribution in [3.8, 4) is 11.6 Å². The number of nitrogens with one attached hydrogen (secondary N) is 2. The Morgan fingerprint density at radius 3 is 2.58 bits per heavy atom. The van der Waals surface area contributed by atoms with Gasteiger partial charge >= 0.3 is 13.7 Å². The average molecular weight is 553 g/mol. The third-order valence-electron chi connectivity index (χ3n) is 5.43. The first-order valence-corrected chi connectivity index (χ1v) is 14.0. The smallest absolute Gasteiger partial charge is 0.459 e. The molecule has 1 aromatic heterocycles. The Morgan fingerprint density at radius 2 is 1.92 bits per heavy atom. The largest absolute Gasteiger partial charge is 0.476 e. The van der Waals surface area contributed by atoms with Gasteiger partial charge in [-0.3, -0.25) is 9.32 Å². The second-order valence-corrected chi connectivity index (χ2v) is 10.8. The molecule has 14 heteroatoms. The molecule has 1 aromatic carbocycles. The molecular weight excluding hydrogens is 515 g/mol. The molecule has 1 fully saturated rings. The van der Waals surface area contributed by atoms with E-state index in [-0.39, 0.29) is 42.0 Å². The van der Waals surface area contributed by atoms with E-state index in [1.807, 2.05) is 6.92 Å². The molecule has 2 aromatic rings. The number of benzene rings is 1. The Kier molecular flexibility index (Phi) is 10.1. The summed E-state index contributed by atoms with van der Waals surface area (Å²) in [6.07, 6.45) is -0.685. The van der Waals surface area contributed by atoms with Crippen LogP contribution in [0.4, 0.5) is 17.5 Å². The molecule has 38 heavy (non-hydrogen) atoms. The number of carbonyl (C=O) groups excluding carboxylic acids is 1. The van der Waals surface area contributed by atoms with Gasteiger partial charge in [-0.25, -0.2) is 4.57 Å². The fourth-order valence-corrected chi connectivity index (χ4v) is 5.21. The number of hydrogen-bond acceptors (Lipinski definition) is 12. The van der Waals surface area contributed by atoms with Crippen LogP contribution in [0.15, 0.2) is 30.3 Å². The first-order valence-electron chi connectivity index (χ1n) is 12.4. The predicted octanol–water partition coefficient (Wildman–Crippen LogP) is 3.34. The molecule has 5 unspecified atom stereocenters. The topological polar surface area (TPSA) is 182 Å². The highest BCUT2D eigenvalue weighted by atomic mass is 31.2. The number of hydrogen-bond donors (Lipinski definition) is 4. The van der Waals surface area contributed by atoms with E-state index in [0.29, 0.717) is 18.8 Å². The van der Waals surface area contributed by atoms with Gasteiger partial charge in [-0.2, -0.15) is 15.1 Å². The summed E-state index contributed by atoms with van der Waals surface area (Å²) < 4.78 is 41.8. The number of para-hydroxylation sites is 1. The van der Waals surface area contributed by atoms with E-state index < -0.39 is 32.1 Å². The second-order valence-electron chi connectivity index (χ2n) is 9.15. The molecule has 0 bridgehead atoms. The van der Waals surface area contributed by atoms with Gasteiger partial charge in [0.15, 0.2) is 5.82 Å². The first kappa shape index (κ1) is 29.4. The van der Waals surface area contributed by atoms with Gasteiger partial charge in [0.1, 0.15) is 23.7 Å². The van der Waals surface area contributed by atoms with E-state index in [1.54, 1.807) is 51.1 Å². The van der Waals surface area contributed by atoms with E-state index in [2.05, 4.69) is 20.4 Å². The molecule has 2 heterocycles. The van der Waals surface area contributed by atoms with Gasteiger partial charge in [0.25, 0.3) is 0 Å². The van der Waals surface area contributed by atoms with E-state index in [4.69, 9.17) is 34.7 Å². The van der Waals surface area contributed by atoms with Crippen molar-refractivity contribution in [2.75, 3.05) is 30.0 Å². The van der Waals surface area contributed by atoms with Crippen LogP contribution in [0.1, 0.15) is 41.0 Å². The molecule has 0 amide bonds. The molecule has 0 saturated carbocycles. The minimum atomic E-state index is -4.01. The van der Waals surface area contributed by atoms with Crippen molar-refractivity contribution >= 4 is 31.2 Å². The van der Waals surface area contributed by atoms with Gasteiger partial charge in [-0.1, -0.05) is 25.1 Å². The Balaban J connectivity index is 1.67. The average Bonchev–Trinajstić information content (AvgIpc) is 3.20. The van der Waals surface area contributed by atoms with Crippen LogP contribution in [0.3, 0.4) is 0 Å². The summed E-state index contributed by atoms with van der Waals surface area (Å²) >= 11 is 0. The van der Waals surface area contributed by atoms with Crippen molar-refractivity contribution < 1.29 is 32.6 Å². The number of rotatable bonds is 13. The van der Waals surface area contributed by atoms with Gasteiger partial charge in [0.05, 0.1) is 25.4 Å². The van der Waals surface area contributed by atoms with Crippen molar-refractivity contribution in [1.29, 1.82) is 0 Å². The molecule has 0 radical (unpaired) electrons. The van der Waals surface area contributed by atoms with Crippen molar-refractivity contribution in [3.63, 3.8) is 0 Å². The molecule has 1 saturated heterocycles. The summed E-state index contributed by atoms with van der Waals surface area (Å²) in [4.78, 5) is 20.5. The van der Waals surface area contributed by atoms with Crippen LogP contribution in [-0.2, 0) is 23.4 Å². The second kappa shape index (κ2) is 13.1. The molecule has 0 spiro atoms. The zero-order valence-electron chi connectivity index (χ0n) is 22.2. The number of nitrogens with two attached hydrogens (primary N) is 2. The van der Waals surface area contributed by atoms with Crippen molar-refractivity contribution in [1.82, 2.24) is 15.1 Å². The minimum Gasteiger partial charge on any atom is -0.476 e. The molecule has 5 atom stereocenters. The van der Waals surface area contributed by atoms with E-state index in [9.17, 15) is 9.36 Å².